The molecule has 1 aromatic heterocycles. The van der Waals surface area contributed by atoms with Crippen molar-refractivity contribution in [1.82, 2.24) is 9.47 Å². The molecule has 0 atom stereocenters. The number of fused-ring (bicyclic) bond motifs is 1. The zero-order valence-electron chi connectivity index (χ0n) is 18.6. The third-order valence-corrected chi connectivity index (χ3v) is 5.90. The normalized spacial score (nSPS) is 14.0. The maximum Gasteiger partial charge on any atom is 0.338 e. The van der Waals surface area contributed by atoms with Gasteiger partial charge in [0.25, 0.3) is 5.91 Å². The van der Waals surface area contributed by atoms with Crippen LogP contribution in [0.15, 0.2) is 54.7 Å². The molecule has 1 fully saturated rings. The van der Waals surface area contributed by atoms with E-state index in [0.29, 0.717) is 38.5 Å². The van der Waals surface area contributed by atoms with Gasteiger partial charge in [-0.25, -0.2) is 4.79 Å². The number of unbranched alkanes of at least 4 members (excludes halogenated alkanes) is 1. The van der Waals surface area contributed by atoms with E-state index in [1.54, 1.807) is 0 Å². The van der Waals surface area contributed by atoms with Gasteiger partial charge in [0, 0.05) is 36.7 Å². The fraction of sp³-hybridized carbons (Fsp3) is 0.385. The Labute approximate surface area is 188 Å². The van der Waals surface area contributed by atoms with E-state index in [0.717, 1.165) is 42.3 Å². The predicted molar refractivity (Wildman–Crippen MR) is 124 cm³/mol. The molecule has 32 heavy (non-hydrogen) atoms. The highest BCUT2D eigenvalue weighted by molar-refractivity contribution is 6.07. The molecule has 4 rings (SSSR count). The number of amides is 1. The van der Waals surface area contributed by atoms with Crippen molar-refractivity contribution in [3.63, 3.8) is 0 Å². The molecule has 2 heterocycles. The number of ether oxygens (including phenoxy) is 2. The molecule has 0 aliphatic carbocycles. The van der Waals surface area contributed by atoms with E-state index >= 15 is 0 Å². The maximum atomic E-state index is 13.1. The van der Waals surface area contributed by atoms with Gasteiger partial charge in [-0.2, -0.15) is 0 Å². The number of hydrogen-bond donors (Lipinski definition) is 0. The smallest absolute Gasteiger partial charge is 0.338 e. The predicted octanol–water partition coefficient (Wildman–Crippen LogP) is 4.31. The van der Waals surface area contributed by atoms with Crippen LogP contribution in [0.4, 0.5) is 0 Å². The quantitative estimate of drug-likeness (QED) is 0.391. The van der Waals surface area contributed by atoms with Crippen molar-refractivity contribution in [3.05, 3.63) is 71.4 Å². The summed E-state index contributed by atoms with van der Waals surface area (Å²) in [5, 5.41) is 1.01. The summed E-state index contributed by atoms with van der Waals surface area (Å²) < 4.78 is 12.6. The van der Waals surface area contributed by atoms with E-state index in [4.69, 9.17) is 9.47 Å². The van der Waals surface area contributed by atoms with Gasteiger partial charge < -0.3 is 18.9 Å². The van der Waals surface area contributed by atoms with Crippen molar-refractivity contribution in [3.8, 4) is 0 Å². The van der Waals surface area contributed by atoms with Crippen LogP contribution in [-0.2, 0) is 22.4 Å². The number of aromatic nitrogens is 1. The Morgan fingerprint density at radius 3 is 2.50 bits per heavy atom. The number of rotatable bonds is 8. The van der Waals surface area contributed by atoms with Crippen LogP contribution in [0, 0.1) is 0 Å². The molecule has 1 saturated heterocycles. The van der Waals surface area contributed by atoms with E-state index in [1.807, 2.05) is 60.5 Å². The first-order chi connectivity index (χ1) is 15.7. The van der Waals surface area contributed by atoms with Crippen molar-refractivity contribution in [2.75, 3.05) is 32.9 Å². The lowest BCUT2D eigenvalue weighted by Gasteiger charge is -2.26. The molecule has 0 bridgehead atoms. The fourth-order valence-electron chi connectivity index (χ4n) is 4.17. The van der Waals surface area contributed by atoms with Crippen LogP contribution < -0.4 is 0 Å². The highest BCUT2D eigenvalue weighted by atomic mass is 16.5. The second kappa shape index (κ2) is 10.5. The van der Waals surface area contributed by atoms with Crippen molar-refractivity contribution in [2.24, 2.45) is 0 Å². The summed E-state index contributed by atoms with van der Waals surface area (Å²) in [6.45, 7) is 5.55. The molecule has 0 radical (unpaired) electrons. The lowest BCUT2D eigenvalue weighted by molar-refractivity contribution is 0.0304. The summed E-state index contributed by atoms with van der Waals surface area (Å²) in [5.41, 5.74) is 3.67. The number of morpholine rings is 1. The van der Waals surface area contributed by atoms with Gasteiger partial charge in [-0.1, -0.05) is 30.3 Å². The summed E-state index contributed by atoms with van der Waals surface area (Å²) in [4.78, 5) is 26.7. The molecule has 6 nitrogen and oxygen atoms in total. The Bertz CT molecular complexity index is 1070. The Morgan fingerprint density at radius 2 is 1.75 bits per heavy atom. The van der Waals surface area contributed by atoms with Gasteiger partial charge in [0.2, 0.25) is 0 Å². The zero-order valence-corrected chi connectivity index (χ0v) is 18.6. The molecule has 0 N–H and O–H groups in total. The van der Waals surface area contributed by atoms with Gasteiger partial charge in [-0.05, 0) is 49.9 Å². The van der Waals surface area contributed by atoms with E-state index in [9.17, 15) is 9.59 Å². The van der Waals surface area contributed by atoms with E-state index in [1.165, 1.54) is 5.56 Å². The van der Waals surface area contributed by atoms with Crippen LogP contribution in [0.25, 0.3) is 10.9 Å². The summed E-state index contributed by atoms with van der Waals surface area (Å²) in [6, 6.07) is 15.8. The molecule has 1 aliphatic heterocycles. The van der Waals surface area contributed by atoms with Gasteiger partial charge in [0.15, 0.2) is 0 Å². The van der Waals surface area contributed by atoms with Crippen LogP contribution >= 0.6 is 0 Å². The molecular formula is C26H30N2O4. The molecule has 0 unspecified atom stereocenters. The number of nitrogens with zero attached hydrogens (tertiary/aromatic N) is 2. The summed E-state index contributed by atoms with van der Waals surface area (Å²) in [7, 11) is 0. The topological polar surface area (TPSA) is 60.8 Å². The molecule has 0 spiro atoms. The Balaban J connectivity index is 1.37. The monoisotopic (exact) mass is 434 g/mol. The van der Waals surface area contributed by atoms with E-state index in [2.05, 4.69) is 10.6 Å². The van der Waals surface area contributed by atoms with Crippen molar-refractivity contribution in [1.29, 1.82) is 0 Å². The van der Waals surface area contributed by atoms with Gasteiger partial charge >= 0.3 is 5.97 Å². The first-order valence-corrected chi connectivity index (χ1v) is 11.4. The Kier molecular flexibility index (Phi) is 7.22. The van der Waals surface area contributed by atoms with Crippen molar-refractivity contribution in [2.45, 2.75) is 32.7 Å². The van der Waals surface area contributed by atoms with Crippen molar-refractivity contribution >= 4 is 22.8 Å². The minimum absolute atomic E-state index is 0.0879. The average Bonchev–Trinajstić information content (AvgIpc) is 3.21. The van der Waals surface area contributed by atoms with Gasteiger partial charge in [-0.15, -0.1) is 0 Å². The minimum atomic E-state index is -0.277. The lowest BCUT2D eigenvalue weighted by Crippen LogP contribution is -2.40. The largest absolute Gasteiger partial charge is 0.462 e. The number of carbonyl (C=O) groups excluding carboxylic acids is 2. The number of esters is 1. The standard InChI is InChI=1S/C26H30N2O4/c1-2-32-26(30)21-12-10-20(11-13-21)7-5-6-14-28-19-23(22-8-3-4-9-24(22)28)25(29)27-15-17-31-18-16-27/h3-4,8-13,19H,2,5-7,14-18H2,1H3. The molecule has 0 saturated carbocycles. The number of aryl methyl sites for hydroxylation is 2. The average molecular weight is 435 g/mol. The van der Waals surface area contributed by atoms with Crippen LogP contribution in [0.2, 0.25) is 0 Å². The zero-order chi connectivity index (χ0) is 22.3. The van der Waals surface area contributed by atoms with Crippen LogP contribution in [0.1, 0.15) is 46.0 Å². The number of benzene rings is 2. The molecule has 1 amide bonds. The Morgan fingerprint density at radius 1 is 1.00 bits per heavy atom. The molecule has 168 valence electrons. The molecule has 6 heteroatoms. The highest BCUT2D eigenvalue weighted by Crippen LogP contribution is 2.24. The van der Waals surface area contributed by atoms with E-state index < -0.39 is 0 Å². The molecule has 1 aliphatic rings. The SMILES string of the molecule is CCOC(=O)c1ccc(CCCCn2cc(C(=O)N3CCOCC3)c3ccccc32)cc1. The van der Waals surface area contributed by atoms with Crippen LogP contribution in [0.3, 0.4) is 0 Å². The fourth-order valence-corrected chi connectivity index (χ4v) is 4.17. The Hall–Kier alpha value is -3.12. The first-order valence-electron chi connectivity index (χ1n) is 11.4. The highest BCUT2D eigenvalue weighted by Gasteiger charge is 2.22. The van der Waals surface area contributed by atoms with Gasteiger partial charge in [-0.3, -0.25) is 4.79 Å². The summed E-state index contributed by atoms with van der Waals surface area (Å²) in [5.74, 6) is -0.189. The number of hydrogen-bond acceptors (Lipinski definition) is 4. The van der Waals surface area contributed by atoms with Gasteiger partial charge in [0.1, 0.15) is 0 Å². The minimum Gasteiger partial charge on any atom is -0.462 e. The molecular weight excluding hydrogens is 404 g/mol. The number of carbonyl (C=O) groups is 2. The van der Waals surface area contributed by atoms with Crippen molar-refractivity contribution < 1.29 is 19.1 Å². The summed E-state index contributed by atoms with van der Waals surface area (Å²) >= 11 is 0. The van der Waals surface area contributed by atoms with E-state index in [-0.39, 0.29) is 11.9 Å². The lowest BCUT2D eigenvalue weighted by atomic mass is 10.1. The van der Waals surface area contributed by atoms with Crippen LogP contribution in [-0.4, -0.2) is 54.3 Å². The summed E-state index contributed by atoms with van der Waals surface area (Å²) in [6.07, 6.45) is 4.99. The molecule has 2 aromatic carbocycles. The maximum absolute atomic E-state index is 13.1. The second-order valence-electron chi connectivity index (χ2n) is 8.03. The van der Waals surface area contributed by atoms with Crippen LogP contribution in [0.5, 0.6) is 0 Å². The molecule has 3 aromatic rings. The second-order valence-corrected chi connectivity index (χ2v) is 8.03. The first kappa shape index (κ1) is 22.1. The van der Waals surface area contributed by atoms with Gasteiger partial charge in [0.05, 0.1) is 30.9 Å². The third-order valence-electron chi connectivity index (χ3n) is 5.90. The third kappa shape index (κ3) is 5.02. The number of para-hydroxylation sites is 1.